The molecular formula is C66H115NO10. The van der Waals surface area contributed by atoms with Crippen molar-refractivity contribution in [1.82, 2.24) is 5.32 Å². The lowest BCUT2D eigenvalue weighted by atomic mass is 9.99. The fraction of sp³-hybridized carbons (Fsp3) is 0.758. The second-order valence-corrected chi connectivity index (χ2v) is 21.4. The molecule has 1 aliphatic rings. The van der Waals surface area contributed by atoms with Crippen LogP contribution in [0.4, 0.5) is 0 Å². The van der Waals surface area contributed by atoms with Gasteiger partial charge >= 0.3 is 5.97 Å². The molecule has 0 bridgehead atoms. The van der Waals surface area contributed by atoms with Crippen molar-refractivity contribution in [2.75, 3.05) is 13.2 Å². The van der Waals surface area contributed by atoms with Crippen molar-refractivity contribution < 1.29 is 49.3 Å². The number of amides is 1. The van der Waals surface area contributed by atoms with E-state index in [0.717, 1.165) is 116 Å². The van der Waals surface area contributed by atoms with Crippen LogP contribution in [-0.2, 0) is 23.8 Å². The molecule has 1 amide bonds. The van der Waals surface area contributed by atoms with Crippen molar-refractivity contribution in [3.63, 3.8) is 0 Å². The summed E-state index contributed by atoms with van der Waals surface area (Å²) in [7, 11) is 0. The number of hydrogen-bond acceptors (Lipinski definition) is 10. The first kappa shape index (κ1) is 71.9. The lowest BCUT2D eigenvalue weighted by Gasteiger charge is -2.41. The van der Waals surface area contributed by atoms with Crippen molar-refractivity contribution in [2.45, 2.75) is 307 Å². The fourth-order valence-corrected chi connectivity index (χ4v) is 9.25. The number of carbonyl (C=O) groups excluding carboxylic acids is 2. The number of esters is 1. The Balaban J connectivity index is 2.68. The van der Waals surface area contributed by atoms with Gasteiger partial charge in [-0.3, -0.25) is 9.59 Å². The van der Waals surface area contributed by atoms with E-state index in [1.165, 1.54) is 96.3 Å². The summed E-state index contributed by atoms with van der Waals surface area (Å²) >= 11 is 0. The number of carbonyl (C=O) groups is 2. The van der Waals surface area contributed by atoms with Crippen LogP contribution < -0.4 is 5.32 Å². The second-order valence-electron chi connectivity index (χ2n) is 21.4. The van der Waals surface area contributed by atoms with E-state index in [1.807, 2.05) is 6.08 Å². The maximum absolute atomic E-state index is 13.4. The van der Waals surface area contributed by atoms with E-state index in [9.17, 15) is 35.1 Å². The monoisotopic (exact) mass is 1080 g/mol. The summed E-state index contributed by atoms with van der Waals surface area (Å²) in [4.78, 5) is 26.5. The third-order valence-electron chi connectivity index (χ3n) is 14.3. The minimum atomic E-state index is -1.63. The molecule has 8 unspecified atom stereocenters. The molecule has 11 nitrogen and oxygen atoms in total. The SMILES string of the molecule is CCCCC/C=C\C/C=C\C/C=C\CCCCCCCCCC(O)C(=O)NC(COC1OC(CO)C(O)C(O)C1OC(=O)CCCCCC/C=C\C/C=C\C/C=C\CCCCC)C(O)/C=C/CCCCCCCCCCC. The van der Waals surface area contributed by atoms with Gasteiger partial charge in [-0.15, -0.1) is 0 Å². The molecule has 1 aliphatic heterocycles. The maximum Gasteiger partial charge on any atom is 0.306 e. The molecule has 1 saturated heterocycles. The van der Waals surface area contributed by atoms with Crippen molar-refractivity contribution in [2.24, 2.45) is 0 Å². The van der Waals surface area contributed by atoms with Crippen LogP contribution in [0.5, 0.6) is 0 Å². The maximum atomic E-state index is 13.4. The third-order valence-corrected chi connectivity index (χ3v) is 14.3. The highest BCUT2D eigenvalue weighted by atomic mass is 16.7. The van der Waals surface area contributed by atoms with Gasteiger partial charge in [0.05, 0.1) is 25.4 Å². The van der Waals surface area contributed by atoms with E-state index in [2.05, 4.69) is 99.0 Å². The van der Waals surface area contributed by atoms with Gasteiger partial charge in [-0.25, -0.2) is 0 Å². The van der Waals surface area contributed by atoms with Gasteiger partial charge < -0.3 is 45.1 Å². The predicted molar refractivity (Wildman–Crippen MR) is 319 cm³/mol. The zero-order chi connectivity index (χ0) is 56.1. The molecule has 0 radical (unpaired) electrons. The Morgan fingerprint density at radius 2 is 0.896 bits per heavy atom. The van der Waals surface area contributed by atoms with Crippen molar-refractivity contribution in [1.29, 1.82) is 0 Å². The average Bonchev–Trinajstić information content (AvgIpc) is 3.43. The molecule has 6 N–H and O–H groups in total. The van der Waals surface area contributed by atoms with Gasteiger partial charge in [0.2, 0.25) is 5.91 Å². The number of rotatable bonds is 52. The number of nitrogens with one attached hydrogen (secondary N) is 1. The van der Waals surface area contributed by atoms with Gasteiger partial charge in [0.1, 0.15) is 24.4 Å². The largest absolute Gasteiger partial charge is 0.454 e. The van der Waals surface area contributed by atoms with Crippen LogP contribution in [-0.4, -0.2) is 99.6 Å². The highest BCUT2D eigenvalue weighted by Crippen LogP contribution is 2.26. The van der Waals surface area contributed by atoms with Crippen LogP contribution in [0.15, 0.2) is 85.1 Å². The topological polar surface area (TPSA) is 175 Å². The van der Waals surface area contributed by atoms with Crippen LogP contribution >= 0.6 is 0 Å². The molecule has 0 aliphatic carbocycles. The number of ether oxygens (including phenoxy) is 3. The van der Waals surface area contributed by atoms with E-state index in [-0.39, 0.29) is 19.4 Å². The normalized spacial score (nSPS) is 19.6. The molecule has 0 aromatic heterocycles. The summed E-state index contributed by atoms with van der Waals surface area (Å²) in [6.07, 6.45) is 59.0. The average molecular weight is 1080 g/mol. The summed E-state index contributed by atoms with van der Waals surface area (Å²) in [5.74, 6) is -1.23. The van der Waals surface area contributed by atoms with Crippen molar-refractivity contribution in [3.05, 3.63) is 85.1 Å². The first-order chi connectivity index (χ1) is 37.7. The van der Waals surface area contributed by atoms with Gasteiger partial charge in [0, 0.05) is 6.42 Å². The number of hydrogen-bond donors (Lipinski definition) is 6. The number of aliphatic hydroxyl groups excluding tert-OH is 5. The molecule has 0 saturated carbocycles. The molecule has 1 fully saturated rings. The highest BCUT2D eigenvalue weighted by Gasteiger charge is 2.47. The Morgan fingerprint density at radius 3 is 1.36 bits per heavy atom. The van der Waals surface area contributed by atoms with Crippen LogP contribution in [0.2, 0.25) is 0 Å². The lowest BCUT2D eigenvalue weighted by Crippen LogP contribution is -2.61. The van der Waals surface area contributed by atoms with Gasteiger partial charge in [-0.1, -0.05) is 234 Å². The van der Waals surface area contributed by atoms with Crippen LogP contribution in [0.25, 0.3) is 0 Å². The Morgan fingerprint density at radius 1 is 0.506 bits per heavy atom. The zero-order valence-corrected chi connectivity index (χ0v) is 49.1. The molecule has 0 spiro atoms. The van der Waals surface area contributed by atoms with E-state index >= 15 is 0 Å². The summed E-state index contributed by atoms with van der Waals surface area (Å²) in [5, 5.41) is 57.0. The van der Waals surface area contributed by atoms with Gasteiger partial charge in [0.25, 0.3) is 0 Å². The number of unbranched alkanes of at least 4 members (excludes halogenated alkanes) is 26. The third kappa shape index (κ3) is 41.5. The second kappa shape index (κ2) is 53.5. The van der Waals surface area contributed by atoms with Crippen LogP contribution in [0.1, 0.15) is 258 Å². The summed E-state index contributed by atoms with van der Waals surface area (Å²) in [6.45, 7) is 5.71. The Labute approximate surface area is 470 Å². The summed E-state index contributed by atoms with van der Waals surface area (Å²) < 4.78 is 17.6. The van der Waals surface area contributed by atoms with E-state index in [1.54, 1.807) is 6.08 Å². The molecule has 11 heteroatoms. The highest BCUT2D eigenvalue weighted by molar-refractivity contribution is 5.80. The summed E-state index contributed by atoms with van der Waals surface area (Å²) in [5.41, 5.74) is 0. The van der Waals surface area contributed by atoms with E-state index in [0.29, 0.717) is 12.8 Å². The Kier molecular flexibility index (Phi) is 49.9. The van der Waals surface area contributed by atoms with E-state index < -0.39 is 67.4 Å². The minimum absolute atomic E-state index is 0.0938. The molecule has 1 heterocycles. The molecule has 444 valence electrons. The first-order valence-electron chi connectivity index (χ1n) is 31.4. The first-order valence-corrected chi connectivity index (χ1v) is 31.4. The minimum Gasteiger partial charge on any atom is -0.454 e. The molecule has 1 rings (SSSR count). The van der Waals surface area contributed by atoms with Crippen molar-refractivity contribution >= 4 is 11.9 Å². The molecule has 0 aromatic carbocycles. The van der Waals surface area contributed by atoms with Crippen LogP contribution in [0.3, 0.4) is 0 Å². The van der Waals surface area contributed by atoms with Crippen LogP contribution in [0, 0.1) is 0 Å². The fourth-order valence-electron chi connectivity index (χ4n) is 9.25. The zero-order valence-electron chi connectivity index (χ0n) is 49.1. The molecule has 0 aromatic rings. The molecule has 8 atom stereocenters. The van der Waals surface area contributed by atoms with Gasteiger partial charge in [-0.05, 0) is 103 Å². The van der Waals surface area contributed by atoms with Crippen molar-refractivity contribution in [3.8, 4) is 0 Å². The molecular weight excluding hydrogens is 967 g/mol. The van der Waals surface area contributed by atoms with E-state index in [4.69, 9.17) is 14.2 Å². The number of allylic oxidation sites excluding steroid dienone is 13. The predicted octanol–water partition coefficient (Wildman–Crippen LogP) is 14.9. The summed E-state index contributed by atoms with van der Waals surface area (Å²) in [6, 6.07) is -1.04. The molecule has 77 heavy (non-hydrogen) atoms. The standard InChI is InChI=1S/C66H115NO10/c1-4-7-10-13-16-19-22-24-26-28-29-30-32-33-35-38-41-44-47-50-53-59(70)65(74)67-57(58(69)52-49-46-43-40-37-21-18-15-12-9-6-3)56-75-66-64(63(73)62(72)60(55-68)76-66)77-61(71)54-51-48-45-42-39-36-34-31-27-25-23-20-17-14-11-8-5-2/h16-17,19-20,24-27,29-30,34,36,49,52,57-60,62-64,66,68-70,72-73H,4-15,18,21-23,28,31-33,35,37-48,50-51,53-56H2,1-3H3,(H,67,74)/b19-16-,20-17-,26-24-,27-25-,30-29-,36-34-,52-49+. The Hall–Kier alpha value is -3.16. The lowest BCUT2D eigenvalue weighted by molar-refractivity contribution is -0.305. The smallest absolute Gasteiger partial charge is 0.306 e. The quantitative estimate of drug-likeness (QED) is 0.0195. The van der Waals surface area contributed by atoms with Gasteiger partial charge in [0.15, 0.2) is 12.4 Å². The Bertz CT molecular complexity index is 1570. The number of aliphatic hydroxyl groups is 5. The van der Waals surface area contributed by atoms with Gasteiger partial charge in [-0.2, -0.15) is 0 Å².